The highest BCUT2D eigenvalue weighted by Crippen LogP contribution is 2.45. The number of nitrogens with zero attached hydrogens (tertiary/aromatic N) is 1. The molecule has 0 aliphatic rings. The molecule has 0 aliphatic carbocycles. The van der Waals surface area contributed by atoms with Crippen LogP contribution in [0.4, 0.5) is 0 Å². The number of benzene rings is 11. The van der Waals surface area contributed by atoms with Crippen molar-refractivity contribution in [2.75, 3.05) is 0 Å². The molecule has 0 radical (unpaired) electrons. The Morgan fingerprint density at radius 1 is 0.230 bits per heavy atom. The van der Waals surface area contributed by atoms with Gasteiger partial charge in [-0.25, -0.2) is 0 Å². The van der Waals surface area contributed by atoms with E-state index in [0.29, 0.717) is 0 Å². The van der Waals surface area contributed by atoms with E-state index >= 15 is 0 Å². The van der Waals surface area contributed by atoms with Gasteiger partial charge in [0.1, 0.15) is 0 Å². The Morgan fingerprint density at radius 2 is 0.656 bits per heavy atom. The molecule has 0 aliphatic heterocycles. The third-order valence-corrected chi connectivity index (χ3v) is 12.6. The van der Waals surface area contributed by atoms with Crippen molar-refractivity contribution in [3.8, 4) is 61.3 Å². The lowest BCUT2D eigenvalue weighted by Gasteiger charge is -2.18. The maximum absolute atomic E-state index is 2.41. The van der Waals surface area contributed by atoms with E-state index in [9.17, 15) is 0 Å². The SMILES string of the molecule is c1ccc(-c2ccc(-c3ccc4c(c3)c3ccccc3n4-c3ccc(-c4c5ccccc5c(-c5ccc(-c6cccc7ccccc67)cc5)c5ccccc45)cc3)cc2)cc1. The predicted octanol–water partition coefficient (Wildman–Crippen LogP) is 16.6. The van der Waals surface area contributed by atoms with Crippen LogP contribution in [0.15, 0.2) is 237 Å². The van der Waals surface area contributed by atoms with Crippen molar-refractivity contribution >= 4 is 54.1 Å². The van der Waals surface area contributed by atoms with Gasteiger partial charge in [0.15, 0.2) is 0 Å². The lowest BCUT2D eigenvalue weighted by molar-refractivity contribution is 1.18. The monoisotopic (exact) mass is 773 g/mol. The number of hydrogen-bond acceptors (Lipinski definition) is 0. The van der Waals surface area contributed by atoms with Gasteiger partial charge in [-0.3, -0.25) is 0 Å². The fraction of sp³-hybridized carbons (Fsp3) is 0. The summed E-state index contributed by atoms with van der Waals surface area (Å²) in [6.45, 7) is 0. The molecule has 61 heavy (non-hydrogen) atoms. The zero-order chi connectivity index (χ0) is 40.3. The van der Waals surface area contributed by atoms with Crippen LogP contribution in [0.3, 0.4) is 0 Å². The molecule has 0 spiro atoms. The van der Waals surface area contributed by atoms with Crippen LogP contribution >= 0.6 is 0 Å². The first kappa shape index (κ1) is 35.0. The van der Waals surface area contributed by atoms with Gasteiger partial charge in [-0.2, -0.15) is 0 Å². The van der Waals surface area contributed by atoms with Gasteiger partial charge in [0.05, 0.1) is 11.0 Å². The van der Waals surface area contributed by atoms with Crippen molar-refractivity contribution in [1.82, 2.24) is 4.57 Å². The summed E-state index contributed by atoms with van der Waals surface area (Å²) >= 11 is 0. The third-order valence-electron chi connectivity index (χ3n) is 12.6. The summed E-state index contributed by atoms with van der Waals surface area (Å²) in [5.41, 5.74) is 15.9. The van der Waals surface area contributed by atoms with Crippen LogP contribution in [0.25, 0.3) is 115 Å². The molecule has 12 rings (SSSR count). The summed E-state index contributed by atoms with van der Waals surface area (Å²) in [5.74, 6) is 0. The average molecular weight is 774 g/mol. The first-order valence-electron chi connectivity index (χ1n) is 21.1. The van der Waals surface area contributed by atoms with Crippen LogP contribution in [-0.4, -0.2) is 4.57 Å². The molecule has 1 nitrogen and oxygen atoms in total. The largest absolute Gasteiger partial charge is 0.309 e. The summed E-state index contributed by atoms with van der Waals surface area (Å²) in [6.07, 6.45) is 0. The van der Waals surface area contributed by atoms with E-state index in [4.69, 9.17) is 0 Å². The van der Waals surface area contributed by atoms with Gasteiger partial charge < -0.3 is 4.57 Å². The lowest BCUT2D eigenvalue weighted by Crippen LogP contribution is -1.95. The quantitative estimate of drug-likeness (QED) is 0.148. The average Bonchev–Trinajstić information content (AvgIpc) is 3.67. The Kier molecular flexibility index (Phi) is 8.25. The smallest absolute Gasteiger partial charge is 0.0541 e. The molecule has 0 unspecified atom stereocenters. The third kappa shape index (κ3) is 5.86. The minimum Gasteiger partial charge on any atom is -0.309 e. The standard InChI is InChI=1S/C60H39N/c1-2-13-40(14-3-1)41-25-27-42(28-26-41)47-35-38-58-56(39-47)51-18-10-11-24-57(51)61(58)48-36-33-46(34-37-48)60-54-21-8-6-19-52(54)59(53-20-7-9-22-55(53)60)45-31-29-44(30-32-45)50-23-12-16-43-15-4-5-17-49(43)50/h1-39H. The van der Waals surface area contributed by atoms with Crippen molar-refractivity contribution in [3.63, 3.8) is 0 Å². The molecule has 12 aromatic rings. The number of para-hydroxylation sites is 1. The molecular formula is C60H39N. The van der Waals surface area contributed by atoms with Crippen LogP contribution in [0.1, 0.15) is 0 Å². The highest BCUT2D eigenvalue weighted by molar-refractivity contribution is 6.21. The van der Waals surface area contributed by atoms with Gasteiger partial charge in [0, 0.05) is 16.5 Å². The molecule has 0 saturated carbocycles. The fourth-order valence-electron chi connectivity index (χ4n) is 9.74. The molecule has 1 heteroatoms. The van der Waals surface area contributed by atoms with E-state index in [-0.39, 0.29) is 0 Å². The first-order valence-corrected chi connectivity index (χ1v) is 21.1. The van der Waals surface area contributed by atoms with Crippen LogP contribution in [-0.2, 0) is 0 Å². The maximum Gasteiger partial charge on any atom is 0.0541 e. The molecule has 1 aromatic heterocycles. The van der Waals surface area contributed by atoms with Gasteiger partial charge in [0.25, 0.3) is 0 Å². The molecular weight excluding hydrogens is 735 g/mol. The van der Waals surface area contributed by atoms with E-state index in [1.165, 1.54) is 110 Å². The Hall–Kier alpha value is -8.00. The highest BCUT2D eigenvalue weighted by atomic mass is 15.0. The van der Waals surface area contributed by atoms with Crippen molar-refractivity contribution < 1.29 is 0 Å². The minimum atomic E-state index is 1.14. The minimum absolute atomic E-state index is 1.14. The summed E-state index contributed by atoms with van der Waals surface area (Å²) in [5, 5.41) is 10.1. The molecule has 0 saturated heterocycles. The van der Waals surface area contributed by atoms with Crippen LogP contribution in [0, 0.1) is 0 Å². The summed E-state index contributed by atoms with van der Waals surface area (Å²) in [6, 6.07) is 86.7. The van der Waals surface area contributed by atoms with Crippen LogP contribution in [0.2, 0.25) is 0 Å². The molecule has 11 aromatic carbocycles. The molecule has 0 bridgehead atoms. The van der Waals surface area contributed by atoms with Crippen molar-refractivity contribution in [1.29, 1.82) is 0 Å². The molecule has 284 valence electrons. The van der Waals surface area contributed by atoms with Crippen molar-refractivity contribution in [2.45, 2.75) is 0 Å². The Morgan fingerprint density at radius 3 is 1.30 bits per heavy atom. The summed E-state index contributed by atoms with van der Waals surface area (Å²) < 4.78 is 2.41. The summed E-state index contributed by atoms with van der Waals surface area (Å²) in [4.78, 5) is 0. The lowest BCUT2D eigenvalue weighted by atomic mass is 9.85. The molecule has 0 fully saturated rings. The van der Waals surface area contributed by atoms with Gasteiger partial charge in [-0.05, 0) is 118 Å². The van der Waals surface area contributed by atoms with Crippen molar-refractivity contribution in [2.24, 2.45) is 0 Å². The van der Waals surface area contributed by atoms with Crippen molar-refractivity contribution in [3.05, 3.63) is 237 Å². The zero-order valence-electron chi connectivity index (χ0n) is 33.5. The number of hydrogen-bond donors (Lipinski definition) is 0. The Balaban J connectivity index is 0.944. The Labute approximate surface area is 355 Å². The molecule has 0 amide bonds. The normalized spacial score (nSPS) is 11.6. The highest BCUT2D eigenvalue weighted by Gasteiger charge is 2.18. The van der Waals surface area contributed by atoms with Crippen LogP contribution in [0.5, 0.6) is 0 Å². The van der Waals surface area contributed by atoms with Gasteiger partial charge in [-0.15, -0.1) is 0 Å². The van der Waals surface area contributed by atoms with Gasteiger partial charge in [0.2, 0.25) is 0 Å². The number of rotatable bonds is 6. The second-order valence-electron chi connectivity index (χ2n) is 16.0. The van der Waals surface area contributed by atoms with Gasteiger partial charge >= 0.3 is 0 Å². The van der Waals surface area contributed by atoms with E-state index < -0.39 is 0 Å². The van der Waals surface area contributed by atoms with E-state index in [2.05, 4.69) is 241 Å². The van der Waals surface area contributed by atoms with E-state index in [1.54, 1.807) is 0 Å². The second kappa shape index (κ2) is 14.4. The Bertz CT molecular complexity index is 3530. The topological polar surface area (TPSA) is 4.93 Å². The summed E-state index contributed by atoms with van der Waals surface area (Å²) in [7, 11) is 0. The molecule has 0 N–H and O–H groups in total. The molecule has 0 atom stereocenters. The predicted molar refractivity (Wildman–Crippen MR) is 260 cm³/mol. The number of aromatic nitrogens is 1. The maximum atomic E-state index is 2.41. The zero-order valence-corrected chi connectivity index (χ0v) is 33.5. The van der Waals surface area contributed by atoms with E-state index in [1.807, 2.05) is 0 Å². The van der Waals surface area contributed by atoms with Crippen LogP contribution < -0.4 is 0 Å². The van der Waals surface area contributed by atoms with Gasteiger partial charge in [-0.1, -0.05) is 206 Å². The fourth-order valence-corrected chi connectivity index (χ4v) is 9.74. The number of fused-ring (bicyclic) bond motifs is 6. The second-order valence-corrected chi connectivity index (χ2v) is 16.0. The molecule has 1 heterocycles. The first-order chi connectivity index (χ1) is 30.3. The van der Waals surface area contributed by atoms with E-state index in [0.717, 1.165) is 5.69 Å².